The Morgan fingerprint density at radius 3 is 2.08 bits per heavy atom. The van der Waals surface area contributed by atoms with E-state index in [-0.39, 0.29) is 24.8 Å². The Kier molecular flexibility index (Phi) is 4.27. The van der Waals surface area contributed by atoms with Crippen molar-refractivity contribution in [3.8, 4) is 0 Å². The molecule has 0 spiro atoms. The third kappa shape index (κ3) is 2.24. The molecule has 74 valence electrons. The molecule has 0 aromatic heterocycles. The van der Waals surface area contributed by atoms with Crippen LogP contribution in [0, 0.1) is 0 Å². The summed E-state index contributed by atoms with van der Waals surface area (Å²) in [7, 11) is 0. The molecule has 0 bridgehead atoms. The first-order valence-corrected chi connectivity index (χ1v) is 3.84. The van der Waals surface area contributed by atoms with Crippen LogP contribution >= 0.6 is 24.8 Å². The van der Waals surface area contributed by atoms with Gasteiger partial charge in [0.2, 0.25) is 0 Å². The van der Waals surface area contributed by atoms with E-state index in [9.17, 15) is 5.11 Å². The summed E-state index contributed by atoms with van der Waals surface area (Å²) in [5, 5.41) is 12.6. The minimum Gasteiger partial charge on any atom is -0.388 e. The van der Waals surface area contributed by atoms with E-state index in [4.69, 9.17) is 0 Å². The maximum absolute atomic E-state index is 9.39. The van der Waals surface area contributed by atoms with Crippen molar-refractivity contribution < 1.29 is 5.11 Å². The zero-order valence-electron chi connectivity index (χ0n) is 7.12. The molecule has 2 rings (SSSR count). The van der Waals surface area contributed by atoms with Crippen LogP contribution in [0.15, 0.2) is 0 Å². The molecule has 0 aliphatic carbocycles. The monoisotopic (exact) mass is 214 g/mol. The van der Waals surface area contributed by atoms with Gasteiger partial charge >= 0.3 is 0 Å². The topological polar surface area (TPSA) is 35.5 Å². The predicted molar refractivity (Wildman–Crippen MR) is 53.4 cm³/mol. The average molecular weight is 215 g/mol. The van der Waals surface area contributed by atoms with Gasteiger partial charge in [0, 0.05) is 32.2 Å². The van der Waals surface area contributed by atoms with Gasteiger partial charge in [-0.15, -0.1) is 24.8 Å². The molecule has 0 aromatic rings. The van der Waals surface area contributed by atoms with E-state index in [1.54, 1.807) is 0 Å². The summed E-state index contributed by atoms with van der Waals surface area (Å²) < 4.78 is 0. The molecule has 12 heavy (non-hydrogen) atoms. The van der Waals surface area contributed by atoms with E-state index >= 15 is 0 Å². The Morgan fingerprint density at radius 1 is 1.33 bits per heavy atom. The molecular formula is C7H16Cl2N2O. The fraction of sp³-hybridized carbons (Fsp3) is 1.00. The molecule has 2 heterocycles. The Balaban J connectivity index is 0.000000605. The van der Waals surface area contributed by atoms with Gasteiger partial charge in [-0.25, -0.2) is 0 Å². The van der Waals surface area contributed by atoms with E-state index in [0.29, 0.717) is 6.04 Å². The van der Waals surface area contributed by atoms with Gasteiger partial charge in [0.25, 0.3) is 0 Å². The van der Waals surface area contributed by atoms with Crippen molar-refractivity contribution in [2.75, 3.05) is 26.2 Å². The number of halogens is 2. The summed E-state index contributed by atoms with van der Waals surface area (Å²) in [6, 6.07) is 0.709. The van der Waals surface area contributed by atoms with Crippen LogP contribution < -0.4 is 5.32 Å². The Bertz CT molecular complexity index is 142. The minimum atomic E-state index is -0.393. The first kappa shape index (κ1) is 12.5. The number of rotatable bonds is 1. The van der Waals surface area contributed by atoms with Gasteiger partial charge in [-0.05, 0) is 6.92 Å². The second-order valence-corrected chi connectivity index (χ2v) is 3.71. The van der Waals surface area contributed by atoms with Gasteiger partial charge in [-0.3, -0.25) is 4.90 Å². The molecule has 2 saturated heterocycles. The van der Waals surface area contributed by atoms with Gasteiger partial charge < -0.3 is 10.4 Å². The van der Waals surface area contributed by atoms with E-state index in [2.05, 4.69) is 10.2 Å². The molecule has 2 aliphatic rings. The van der Waals surface area contributed by atoms with E-state index in [0.717, 1.165) is 26.2 Å². The molecule has 0 unspecified atom stereocenters. The Labute approximate surface area is 85.3 Å². The second-order valence-electron chi connectivity index (χ2n) is 3.71. The molecule has 2 fully saturated rings. The number of β-amino-alcohol motifs (C(OH)–C–C–N with tert-alkyl or cyclic N) is 1. The van der Waals surface area contributed by atoms with Gasteiger partial charge in [0.05, 0.1) is 5.60 Å². The predicted octanol–water partition coefficient (Wildman–Crippen LogP) is -0.132. The van der Waals surface area contributed by atoms with Crippen LogP contribution in [-0.2, 0) is 0 Å². The maximum atomic E-state index is 9.39. The standard InChI is InChI=1S/C7H14N2O.2ClH/c1-7(10)4-9(5-7)6-2-8-3-6;;/h6,8,10H,2-5H2,1H3;2*1H. The number of likely N-dealkylation sites (tertiary alicyclic amines) is 1. The number of nitrogens with one attached hydrogen (secondary N) is 1. The van der Waals surface area contributed by atoms with E-state index in [1.165, 1.54) is 0 Å². The van der Waals surface area contributed by atoms with Crippen LogP contribution in [0.2, 0.25) is 0 Å². The fourth-order valence-corrected chi connectivity index (χ4v) is 1.62. The molecule has 3 nitrogen and oxygen atoms in total. The Hall–Kier alpha value is 0.460. The smallest absolute Gasteiger partial charge is 0.0872 e. The quantitative estimate of drug-likeness (QED) is 0.639. The highest BCUT2D eigenvalue weighted by atomic mass is 35.5. The molecule has 0 atom stereocenters. The van der Waals surface area contributed by atoms with Crippen molar-refractivity contribution in [3.63, 3.8) is 0 Å². The molecule has 0 amide bonds. The summed E-state index contributed by atoms with van der Waals surface area (Å²) in [6.07, 6.45) is 0. The molecule has 0 aromatic carbocycles. The minimum absolute atomic E-state index is 0. The van der Waals surface area contributed by atoms with Crippen LogP contribution in [0.5, 0.6) is 0 Å². The first-order valence-electron chi connectivity index (χ1n) is 3.84. The summed E-state index contributed by atoms with van der Waals surface area (Å²) in [5.41, 5.74) is -0.393. The lowest BCUT2D eigenvalue weighted by Crippen LogP contribution is -2.69. The normalized spacial score (nSPS) is 27.5. The van der Waals surface area contributed by atoms with Crippen LogP contribution in [0.25, 0.3) is 0 Å². The van der Waals surface area contributed by atoms with Crippen LogP contribution in [0.4, 0.5) is 0 Å². The van der Waals surface area contributed by atoms with Crippen molar-refractivity contribution in [1.29, 1.82) is 0 Å². The van der Waals surface area contributed by atoms with Crippen molar-refractivity contribution in [3.05, 3.63) is 0 Å². The van der Waals surface area contributed by atoms with E-state index < -0.39 is 5.60 Å². The SMILES string of the molecule is CC1(O)CN(C2CNC2)C1.Cl.Cl. The highest BCUT2D eigenvalue weighted by Gasteiger charge is 2.41. The largest absolute Gasteiger partial charge is 0.388 e. The van der Waals surface area contributed by atoms with Gasteiger partial charge in [-0.2, -0.15) is 0 Å². The molecule has 2 N–H and O–H groups in total. The molecule has 0 saturated carbocycles. The summed E-state index contributed by atoms with van der Waals surface area (Å²) in [6.45, 7) is 5.83. The van der Waals surface area contributed by atoms with Gasteiger partial charge in [0.1, 0.15) is 0 Å². The highest BCUT2D eigenvalue weighted by molar-refractivity contribution is 5.85. The van der Waals surface area contributed by atoms with Gasteiger partial charge in [0.15, 0.2) is 0 Å². The average Bonchev–Trinajstić information content (AvgIpc) is 1.54. The summed E-state index contributed by atoms with van der Waals surface area (Å²) in [5.74, 6) is 0. The summed E-state index contributed by atoms with van der Waals surface area (Å²) >= 11 is 0. The fourth-order valence-electron chi connectivity index (χ4n) is 1.62. The lowest BCUT2D eigenvalue weighted by molar-refractivity contribution is -0.109. The maximum Gasteiger partial charge on any atom is 0.0872 e. The van der Waals surface area contributed by atoms with Crippen LogP contribution in [0.3, 0.4) is 0 Å². The number of aliphatic hydroxyl groups is 1. The number of nitrogens with zero attached hydrogens (tertiary/aromatic N) is 1. The van der Waals surface area contributed by atoms with Crippen molar-refractivity contribution in [1.82, 2.24) is 10.2 Å². The third-order valence-electron chi connectivity index (χ3n) is 2.36. The third-order valence-corrected chi connectivity index (χ3v) is 2.36. The second kappa shape index (κ2) is 4.11. The lowest BCUT2D eigenvalue weighted by atomic mass is 9.93. The van der Waals surface area contributed by atoms with E-state index in [1.807, 2.05) is 6.92 Å². The molecular weight excluding hydrogens is 199 g/mol. The Morgan fingerprint density at radius 2 is 1.83 bits per heavy atom. The van der Waals surface area contributed by atoms with Crippen LogP contribution in [0.1, 0.15) is 6.92 Å². The van der Waals surface area contributed by atoms with Crippen molar-refractivity contribution >= 4 is 24.8 Å². The van der Waals surface area contributed by atoms with Gasteiger partial charge in [-0.1, -0.05) is 0 Å². The first-order chi connectivity index (χ1) is 4.67. The van der Waals surface area contributed by atoms with Crippen LogP contribution in [-0.4, -0.2) is 47.8 Å². The van der Waals surface area contributed by atoms with Crippen molar-refractivity contribution in [2.45, 2.75) is 18.6 Å². The number of hydrogen-bond donors (Lipinski definition) is 2. The molecule has 0 radical (unpaired) electrons. The lowest BCUT2D eigenvalue weighted by Gasteiger charge is -2.51. The zero-order valence-corrected chi connectivity index (χ0v) is 8.75. The summed E-state index contributed by atoms with van der Waals surface area (Å²) in [4.78, 5) is 2.33. The van der Waals surface area contributed by atoms with Crippen molar-refractivity contribution in [2.24, 2.45) is 0 Å². The highest BCUT2D eigenvalue weighted by Crippen LogP contribution is 2.23. The zero-order chi connectivity index (χ0) is 7.19. The molecule has 5 heteroatoms. The molecule has 2 aliphatic heterocycles. The number of hydrogen-bond acceptors (Lipinski definition) is 3.